The number of halogens is 1. The average molecular weight is 145 g/mol. The molecule has 1 heterocycles. The van der Waals surface area contributed by atoms with E-state index in [1.165, 1.54) is 0 Å². The van der Waals surface area contributed by atoms with Crippen molar-refractivity contribution >= 4 is 0 Å². The predicted molar refractivity (Wildman–Crippen MR) is 40.8 cm³/mol. The lowest BCUT2D eigenvalue weighted by Crippen LogP contribution is -2.23. The third-order valence-electron chi connectivity index (χ3n) is 2.46. The van der Waals surface area contributed by atoms with Gasteiger partial charge in [-0.25, -0.2) is 0 Å². The molecule has 0 spiro atoms. The van der Waals surface area contributed by atoms with Crippen LogP contribution in [0.1, 0.15) is 19.8 Å². The monoisotopic (exact) mass is 145 g/mol. The number of hydrogen-bond acceptors (Lipinski definition) is 1. The van der Waals surface area contributed by atoms with Crippen LogP contribution in [0.4, 0.5) is 4.39 Å². The highest BCUT2D eigenvalue weighted by Gasteiger charge is 2.27. The predicted octanol–water partition coefficient (Wildman–Crippen LogP) is 1.69. The quantitative estimate of drug-likeness (QED) is 0.571. The van der Waals surface area contributed by atoms with E-state index in [2.05, 4.69) is 18.9 Å². The molecule has 0 aliphatic carbocycles. The molecule has 60 valence electrons. The summed E-state index contributed by atoms with van der Waals surface area (Å²) in [4.78, 5) is 2.27. The molecule has 0 bridgehead atoms. The van der Waals surface area contributed by atoms with E-state index in [0.29, 0.717) is 12.0 Å². The van der Waals surface area contributed by atoms with E-state index in [1.807, 2.05) is 0 Å². The molecule has 0 radical (unpaired) electrons. The Morgan fingerprint density at radius 3 is 2.60 bits per heavy atom. The summed E-state index contributed by atoms with van der Waals surface area (Å²) in [7, 11) is 2.09. The van der Waals surface area contributed by atoms with Crippen LogP contribution in [0.2, 0.25) is 0 Å². The lowest BCUT2D eigenvalue weighted by Gasteiger charge is -2.16. The zero-order valence-electron chi connectivity index (χ0n) is 6.81. The summed E-state index contributed by atoms with van der Waals surface area (Å²) in [6, 6.07) is 0.640. The Labute approximate surface area is 62.2 Å². The van der Waals surface area contributed by atoms with Crippen LogP contribution in [0.15, 0.2) is 0 Å². The third kappa shape index (κ3) is 1.48. The van der Waals surface area contributed by atoms with Crippen molar-refractivity contribution in [1.29, 1.82) is 0 Å². The smallest absolute Gasteiger partial charge is 0.0935 e. The second-order valence-electron chi connectivity index (χ2n) is 3.26. The van der Waals surface area contributed by atoms with Gasteiger partial charge >= 0.3 is 0 Å². The van der Waals surface area contributed by atoms with Crippen molar-refractivity contribution in [2.75, 3.05) is 20.3 Å². The highest BCUT2D eigenvalue weighted by molar-refractivity contribution is 4.81. The highest BCUT2D eigenvalue weighted by atomic mass is 19.1. The molecular weight excluding hydrogens is 129 g/mol. The Hall–Kier alpha value is -0.110. The number of alkyl halides is 1. The number of nitrogens with zero attached hydrogens (tertiary/aromatic N) is 1. The zero-order chi connectivity index (χ0) is 7.56. The number of rotatable bonds is 2. The van der Waals surface area contributed by atoms with Crippen LogP contribution in [0.25, 0.3) is 0 Å². The van der Waals surface area contributed by atoms with Gasteiger partial charge in [0.05, 0.1) is 6.67 Å². The summed E-state index contributed by atoms with van der Waals surface area (Å²) < 4.78 is 12.2. The van der Waals surface area contributed by atoms with Crippen LogP contribution in [-0.4, -0.2) is 31.2 Å². The first-order chi connectivity index (χ1) is 4.77. The zero-order valence-corrected chi connectivity index (χ0v) is 6.81. The van der Waals surface area contributed by atoms with Gasteiger partial charge in [-0.15, -0.1) is 0 Å². The Morgan fingerprint density at radius 1 is 1.60 bits per heavy atom. The van der Waals surface area contributed by atoms with Crippen LogP contribution in [0, 0.1) is 5.92 Å². The minimum atomic E-state index is -0.138. The first kappa shape index (κ1) is 7.99. The van der Waals surface area contributed by atoms with Gasteiger partial charge in [-0.1, -0.05) is 6.92 Å². The van der Waals surface area contributed by atoms with Crippen molar-refractivity contribution in [3.63, 3.8) is 0 Å². The summed E-state index contributed by atoms with van der Waals surface area (Å²) >= 11 is 0. The van der Waals surface area contributed by atoms with Crippen LogP contribution < -0.4 is 0 Å². The van der Waals surface area contributed by atoms with E-state index in [4.69, 9.17) is 0 Å². The summed E-state index contributed by atoms with van der Waals surface area (Å²) in [5.41, 5.74) is 0. The molecule has 0 unspecified atom stereocenters. The minimum Gasteiger partial charge on any atom is -0.303 e. The standard InChI is InChI=1S/C8H16FN/c1-3-8-4-7(5-9)6-10(8)2/h7-8H,3-6H2,1-2H3/t7-,8-/m1/s1. The molecule has 1 nitrogen and oxygen atoms in total. The highest BCUT2D eigenvalue weighted by Crippen LogP contribution is 2.23. The first-order valence-corrected chi connectivity index (χ1v) is 4.04. The van der Waals surface area contributed by atoms with E-state index >= 15 is 0 Å². The van der Waals surface area contributed by atoms with Gasteiger partial charge in [0.25, 0.3) is 0 Å². The van der Waals surface area contributed by atoms with E-state index in [9.17, 15) is 4.39 Å². The van der Waals surface area contributed by atoms with E-state index in [0.717, 1.165) is 19.4 Å². The van der Waals surface area contributed by atoms with Crippen LogP contribution >= 0.6 is 0 Å². The molecule has 2 heteroatoms. The van der Waals surface area contributed by atoms with Crippen LogP contribution in [-0.2, 0) is 0 Å². The molecule has 0 amide bonds. The Kier molecular flexibility index (Phi) is 2.66. The van der Waals surface area contributed by atoms with Crippen molar-refractivity contribution in [2.45, 2.75) is 25.8 Å². The summed E-state index contributed by atoms with van der Waals surface area (Å²) in [5.74, 6) is 0.315. The molecule has 0 N–H and O–H groups in total. The summed E-state index contributed by atoms with van der Waals surface area (Å²) in [6.45, 7) is 2.98. The SMILES string of the molecule is CC[C@@H]1C[C@H](CF)CN1C. The van der Waals surface area contributed by atoms with Crippen molar-refractivity contribution in [3.8, 4) is 0 Å². The molecule has 1 saturated heterocycles. The van der Waals surface area contributed by atoms with E-state index < -0.39 is 0 Å². The van der Waals surface area contributed by atoms with Gasteiger partial charge in [0.15, 0.2) is 0 Å². The maximum atomic E-state index is 12.2. The molecule has 0 aromatic rings. The van der Waals surface area contributed by atoms with Gasteiger partial charge in [-0.05, 0) is 19.9 Å². The average Bonchev–Trinajstić information content (AvgIpc) is 2.30. The Balaban J connectivity index is 2.36. The maximum absolute atomic E-state index is 12.2. The molecule has 10 heavy (non-hydrogen) atoms. The number of likely N-dealkylation sites (tertiary alicyclic amines) is 1. The van der Waals surface area contributed by atoms with Crippen molar-refractivity contribution in [2.24, 2.45) is 5.92 Å². The fraction of sp³-hybridized carbons (Fsp3) is 1.00. The molecule has 0 saturated carbocycles. The van der Waals surface area contributed by atoms with Crippen molar-refractivity contribution < 1.29 is 4.39 Å². The molecule has 0 aromatic heterocycles. The van der Waals surface area contributed by atoms with Gasteiger partial charge in [0.1, 0.15) is 0 Å². The van der Waals surface area contributed by atoms with E-state index in [-0.39, 0.29) is 6.67 Å². The topological polar surface area (TPSA) is 3.24 Å². The summed E-state index contributed by atoms with van der Waals surface area (Å²) in [6.07, 6.45) is 2.22. The van der Waals surface area contributed by atoms with Crippen molar-refractivity contribution in [3.05, 3.63) is 0 Å². The lowest BCUT2D eigenvalue weighted by molar-refractivity contribution is 0.296. The van der Waals surface area contributed by atoms with Gasteiger partial charge in [-0.3, -0.25) is 4.39 Å². The number of hydrogen-bond donors (Lipinski definition) is 0. The maximum Gasteiger partial charge on any atom is 0.0935 e. The van der Waals surface area contributed by atoms with Gasteiger partial charge in [-0.2, -0.15) is 0 Å². The minimum absolute atomic E-state index is 0.138. The lowest BCUT2D eigenvalue weighted by atomic mass is 10.1. The normalized spacial score (nSPS) is 35.1. The van der Waals surface area contributed by atoms with Crippen LogP contribution in [0.3, 0.4) is 0 Å². The molecule has 1 aliphatic heterocycles. The molecule has 1 rings (SSSR count). The third-order valence-corrected chi connectivity index (χ3v) is 2.46. The Bertz CT molecular complexity index is 105. The molecule has 0 aromatic carbocycles. The second kappa shape index (κ2) is 3.33. The fourth-order valence-electron chi connectivity index (χ4n) is 1.79. The van der Waals surface area contributed by atoms with Gasteiger partial charge in [0, 0.05) is 18.5 Å². The van der Waals surface area contributed by atoms with Gasteiger partial charge in [0.2, 0.25) is 0 Å². The second-order valence-corrected chi connectivity index (χ2v) is 3.26. The first-order valence-electron chi connectivity index (χ1n) is 4.04. The molecule has 2 atom stereocenters. The van der Waals surface area contributed by atoms with E-state index in [1.54, 1.807) is 0 Å². The van der Waals surface area contributed by atoms with Gasteiger partial charge < -0.3 is 4.90 Å². The van der Waals surface area contributed by atoms with Crippen molar-refractivity contribution in [1.82, 2.24) is 4.90 Å². The molecular formula is C8H16FN. The summed E-state index contributed by atoms with van der Waals surface area (Å²) in [5, 5.41) is 0. The van der Waals surface area contributed by atoms with Crippen LogP contribution in [0.5, 0.6) is 0 Å². The molecule has 1 fully saturated rings. The largest absolute Gasteiger partial charge is 0.303 e. The fourth-order valence-corrected chi connectivity index (χ4v) is 1.79. The molecule has 1 aliphatic rings. The Morgan fingerprint density at radius 2 is 2.30 bits per heavy atom.